The van der Waals surface area contributed by atoms with Crippen LogP contribution >= 0.6 is 0 Å². The number of aliphatic hydroxyl groups is 1. The molecule has 0 unspecified atom stereocenters. The van der Waals surface area contributed by atoms with Gasteiger partial charge in [0.2, 0.25) is 5.91 Å². The highest BCUT2D eigenvalue weighted by Gasteiger charge is 2.35. The molecular weight excluding hydrogens is 466 g/mol. The molecule has 192 valence electrons. The van der Waals surface area contributed by atoms with Crippen LogP contribution in [0.25, 0.3) is 11.0 Å². The summed E-state index contributed by atoms with van der Waals surface area (Å²) in [7, 11) is 0. The van der Waals surface area contributed by atoms with Crippen LogP contribution in [0.3, 0.4) is 0 Å². The van der Waals surface area contributed by atoms with E-state index in [2.05, 4.69) is 0 Å². The van der Waals surface area contributed by atoms with Crippen molar-refractivity contribution in [3.63, 3.8) is 0 Å². The summed E-state index contributed by atoms with van der Waals surface area (Å²) < 4.78 is 13.6. The van der Waals surface area contributed by atoms with Gasteiger partial charge in [0.1, 0.15) is 30.0 Å². The summed E-state index contributed by atoms with van der Waals surface area (Å²) in [4.78, 5) is 19.7. The number of hydrogen-bond acceptors (Lipinski definition) is 5. The van der Waals surface area contributed by atoms with Gasteiger partial charge in [0.15, 0.2) is 0 Å². The summed E-state index contributed by atoms with van der Waals surface area (Å²) in [5.41, 5.74) is 4.79. The fourth-order valence-electron chi connectivity index (χ4n) is 4.93. The standard InChI is InChI=1S/C30H33N3O4/c1-4-36-25-13-11-23(12-14-25)32-17-22(16-29(32)35)30-31-26-7-5-6-8-27(26)33(30)18-24(34)19-37-28-15-20(2)9-10-21(28)3/h5-15,22,24,34H,4,16-19H2,1-3H3/t22-,24-/m1/s1. The van der Waals surface area contributed by atoms with Crippen molar-refractivity contribution < 1.29 is 19.4 Å². The summed E-state index contributed by atoms with van der Waals surface area (Å²) >= 11 is 0. The van der Waals surface area contributed by atoms with E-state index in [0.717, 1.165) is 45.2 Å². The molecule has 37 heavy (non-hydrogen) atoms. The number of carbonyl (C=O) groups excluding carboxylic acids is 1. The number of nitrogens with zero attached hydrogens (tertiary/aromatic N) is 3. The first-order valence-electron chi connectivity index (χ1n) is 12.8. The van der Waals surface area contributed by atoms with Gasteiger partial charge in [-0.05, 0) is 74.4 Å². The Morgan fingerprint density at radius 2 is 1.84 bits per heavy atom. The van der Waals surface area contributed by atoms with Crippen LogP contribution in [0.4, 0.5) is 5.69 Å². The summed E-state index contributed by atoms with van der Waals surface area (Å²) in [6.45, 7) is 7.59. The number of amides is 1. The van der Waals surface area contributed by atoms with Crippen molar-refractivity contribution in [2.75, 3.05) is 24.7 Å². The van der Waals surface area contributed by atoms with Gasteiger partial charge in [0, 0.05) is 24.6 Å². The molecule has 0 aliphatic carbocycles. The lowest BCUT2D eigenvalue weighted by Crippen LogP contribution is -2.26. The lowest BCUT2D eigenvalue weighted by molar-refractivity contribution is -0.117. The van der Waals surface area contributed by atoms with Crippen molar-refractivity contribution in [2.45, 2.75) is 45.8 Å². The molecule has 7 nitrogen and oxygen atoms in total. The molecule has 1 aromatic heterocycles. The van der Waals surface area contributed by atoms with E-state index in [1.54, 1.807) is 0 Å². The number of ether oxygens (including phenoxy) is 2. The van der Waals surface area contributed by atoms with Gasteiger partial charge in [-0.3, -0.25) is 4.79 Å². The Morgan fingerprint density at radius 1 is 1.05 bits per heavy atom. The molecular formula is C30H33N3O4. The van der Waals surface area contributed by atoms with Crippen molar-refractivity contribution in [1.29, 1.82) is 0 Å². The molecule has 1 saturated heterocycles. The normalized spacial score (nSPS) is 16.4. The van der Waals surface area contributed by atoms with Gasteiger partial charge in [-0.2, -0.15) is 0 Å². The van der Waals surface area contributed by atoms with Crippen LogP contribution in [0.5, 0.6) is 11.5 Å². The topological polar surface area (TPSA) is 76.8 Å². The average molecular weight is 500 g/mol. The van der Waals surface area contributed by atoms with E-state index >= 15 is 0 Å². The van der Waals surface area contributed by atoms with Gasteiger partial charge >= 0.3 is 0 Å². The van der Waals surface area contributed by atoms with E-state index in [1.165, 1.54) is 0 Å². The number of aliphatic hydroxyl groups excluding tert-OH is 1. The third-order valence-electron chi connectivity index (χ3n) is 6.80. The molecule has 1 amide bonds. The zero-order valence-electron chi connectivity index (χ0n) is 21.6. The zero-order chi connectivity index (χ0) is 25.9. The molecule has 3 aromatic carbocycles. The Balaban J connectivity index is 1.36. The number of fused-ring (bicyclic) bond motifs is 1. The van der Waals surface area contributed by atoms with Gasteiger partial charge in [0.25, 0.3) is 0 Å². The molecule has 0 bridgehead atoms. The van der Waals surface area contributed by atoms with Crippen LogP contribution < -0.4 is 14.4 Å². The van der Waals surface area contributed by atoms with Crippen molar-refractivity contribution in [1.82, 2.24) is 9.55 Å². The lowest BCUT2D eigenvalue weighted by atomic mass is 10.1. The van der Waals surface area contributed by atoms with Crippen molar-refractivity contribution >= 4 is 22.6 Å². The van der Waals surface area contributed by atoms with Gasteiger partial charge in [-0.15, -0.1) is 0 Å². The maximum atomic E-state index is 13.0. The summed E-state index contributed by atoms with van der Waals surface area (Å²) in [6.07, 6.45) is -0.374. The molecule has 0 saturated carbocycles. The van der Waals surface area contributed by atoms with Crippen LogP contribution in [0.2, 0.25) is 0 Å². The number of rotatable bonds is 9. The fraction of sp³-hybridized carbons (Fsp3) is 0.333. The van der Waals surface area contributed by atoms with E-state index in [4.69, 9.17) is 14.5 Å². The smallest absolute Gasteiger partial charge is 0.227 e. The number of anilines is 1. The van der Waals surface area contributed by atoms with Crippen LogP contribution in [-0.2, 0) is 11.3 Å². The molecule has 7 heteroatoms. The Labute approximate surface area is 217 Å². The molecule has 2 atom stereocenters. The largest absolute Gasteiger partial charge is 0.494 e. The second-order valence-electron chi connectivity index (χ2n) is 9.64. The predicted molar refractivity (Wildman–Crippen MR) is 144 cm³/mol. The maximum Gasteiger partial charge on any atom is 0.227 e. The monoisotopic (exact) mass is 499 g/mol. The van der Waals surface area contributed by atoms with Crippen LogP contribution in [0.15, 0.2) is 66.7 Å². The molecule has 0 radical (unpaired) electrons. The molecule has 1 N–H and O–H groups in total. The maximum absolute atomic E-state index is 13.0. The van der Waals surface area contributed by atoms with E-state index in [-0.39, 0.29) is 18.4 Å². The number of para-hydroxylation sites is 2. The highest BCUT2D eigenvalue weighted by Crippen LogP contribution is 2.34. The first-order chi connectivity index (χ1) is 17.9. The zero-order valence-corrected chi connectivity index (χ0v) is 21.6. The number of aryl methyl sites for hydroxylation is 2. The molecule has 2 heterocycles. The number of aromatic nitrogens is 2. The van der Waals surface area contributed by atoms with Gasteiger partial charge < -0.3 is 24.0 Å². The minimum absolute atomic E-state index is 0.0616. The molecule has 5 rings (SSSR count). The molecule has 1 aliphatic rings. The van der Waals surface area contributed by atoms with Crippen LogP contribution in [-0.4, -0.2) is 46.4 Å². The van der Waals surface area contributed by atoms with E-state index in [1.807, 2.05) is 97.0 Å². The number of imidazole rings is 1. The highest BCUT2D eigenvalue weighted by atomic mass is 16.5. The van der Waals surface area contributed by atoms with Crippen molar-refractivity contribution in [2.24, 2.45) is 0 Å². The number of hydrogen-bond donors (Lipinski definition) is 1. The van der Waals surface area contributed by atoms with Crippen molar-refractivity contribution in [3.05, 3.63) is 83.7 Å². The van der Waals surface area contributed by atoms with Gasteiger partial charge in [-0.1, -0.05) is 24.3 Å². The molecule has 0 spiro atoms. The SMILES string of the molecule is CCOc1ccc(N2C[C@H](c3nc4ccccc4n3C[C@@H](O)COc3cc(C)ccc3C)CC2=O)cc1. The quantitative estimate of drug-likeness (QED) is 0.350. The molecule has 4 aromatic rings. The Morgan fingerprint density at radius 3 is 2.62 bits per heavy atom. The average Bonchev–Trinajstić information content (AvgIpc) is 3.46. The minimum atomic E-state index is -0.740. The fourth-order valence-corrected chi connectivity index (χ4v) is 4.93. The summed E-state index contributed by atoms with van der Waals surface area (Å²) in [5.74, 6) is 2.36. The third-order valence-corrected chi connectivity index (χ3v) is 6.80. The minimum Gasteiger partial charge on any atom is -0.494 e. The van der Waals surface area contributed by atoms with E-state index in [9.17, 15) is 9.90 Å². The Kier molecular flexibility index (Phi) is 7.15. The second kappa shape index (κ2) is 10.6. The summed E-state index contributed by atoms with van der Waals surface area (Å²) in [6, 6.07) is 21.6. The second-order valence-corrected chi connectivity index (χ2v) is 9.64. The Bertz CT molecular complexity index is 1400. The highest BCUT2D eigenvalue weighted by molar-refractivity contribution is 5.96. The van der Waals surface area contributed by atoms with Gasteiger partial charge in [-0.25, -0.2) is 4.98 Å². The third kappa shape index (κ3) is 5.32. The van der Waals surface area contributed by atoms with Crippen molar-refractivity contribution in [3.8, 4) is 11.5 Å². The van der Waals surface area contributed by atoms with Crippen LogP contribution in [0.1, 0.15) is 36.2 Å². The number of benzene rings is 3. The number of carbonyl (C=O) groups is 1. The van der Waals surface area contributed by atoms with E-state index < -0.39 is 6.10 Å². The molecule has 1 fully saturated rings. The van der Waals surface area contributed by atoms with E-state index in [0.29, 0.717) is 26.1 Å². The van der Waals surface area contributed by atoms with Crippen LogP contribution in [0, 0.1) is 13.8 Å². The van der Waals surface area contributed by atoms with Gasteiger partial charge in [0.05, 0.1) is 24.2 Å². The molecule has 1 aliphatic heterocycles. The first kappa shape index (κ1) is 24.8. The summed E-state index contributed by atoms with van der Waals surface area (Å²) in [5, 5.41) is 11.0. The predicted octanol–water partition coefficient (Wildman–Crippen LogP) is 5.01. The first-order valence-corrected chi connectivity index (χ1v) is 12.8. The Hall–Kier alpha value is -3.84. The lowest BCUT2D eigenvalue weighted by Gasteiger charge is -2.19.